The van der Waals surface area contributed by atoms with Crippen LogP contribution < -0.4 is 20.3 Å². The van der Waals surface area contributed by atoms with Crippen molar-refractivity contribution in [2.24, 2.45) is 0 Å². The van der Waals surface area contributed by atoms with E-state index in [1.54, 1.807) is 25.1 Å². The second kappa shape index (κ2) is 11.5. The summed E-state index contributed by atoms with van der Waals surface area (Å²) in [6.45, 7) is 3.72. The third-order valence-electron chi connectivity index (χ3n) is 6.82. The predicted molar refractivity (Wildman–Crippen MR) is 147 cm³/mol. The molecule has 0 radical (unpaired) electrons. The molecule has 3 N–H and O–H groups in total. The molecule has 0 saturated carbocycles. The van der Waals surface area contributed by atoms with Crippen LogP contribution in [-0.4, -0.2) is 48.4 Å². The van der Waals surface area contributed by atoms with Crippen molar-refractivity contribution >= 4 is 15.8 Å². The minimum absolute atomic E-state index is 0.141. The Hall–Kier alpha value is -4.52. The van der Waals surface area contributed by atoms with Gasteiger partial charge in [0.2, 0.25) is 21.4 Å². The summed E-state index contributed by atoms with van der Waals surface area (Å²) < 4.78 is 45.3. The van der Waals surface area contributed by atoms with Gasteiger partial charge in [0, 0.05) is 18.4 Å². The van der Waals surface area contributed by atoms with Crippen molar-refractivity contribution < 1.29 is 37.6 Å². The maximum Gasteiger partial charge on any atom is 0.355 e. The van der Waals surface area contributed by atoms with E-state index in [4.69, 9.17) is 14.2 Å². The smallest absolute Gasteiger partial charge is 0.355 e. The molecule has 0 spiro atoms. The zero-order valence-corrected chi connectivity index (χ0v) is 23.8. The lowest BCUT2D eigenvalue weighted by molar-refractivity contribution is -0.133. The fourth-order valence-corrected chi connectivity index (χ4v) is 5.97. The number of unbranched alkanes of at least 4 members (excludes halogenated alkanes) is 1. The van der Waals surface area contributed by atoms with Crippen molar-refractivity contribution in [1.29, 1.82) is 0 Å². The van der Waals surface area contributed by atoms with Crippen LogP contribution in [0.25, 0.3) is 5.69 Å². The number of carbonyl (C=O) groups is 1. The molecule has 0 fully saturated rings. The van der Waals surface area contributed by atoms with Crippen LogP contribution in [0.15, 0.2) is 69.0 Å². The third-order valence-corrected chi connectivity index (χ3v) is 8.60. The number of aromatic hydroxyl groups is 1. The Balaban J connectivity index is 1.87. The number of aryl methyl sites for hydroxylation is 1. The van der Waals surface area contributed by atoms with Gasteiger partial charge in [0.25, 0.3) is 5.56 Å². The highest BCUT2D eigenvalue weighted by Gasteiger charge is 2.39. The van der Waals surface area contributed by atoms with Crippen molar-refractivity contribution in [3.8, 4) is 23.1 Å². The van der Waals surface area contributed by atoms with Crippen molar-refractivity contribution in [1.82, 2.24) is 14.9 Å². The van der Waals surface area contributed by atoms with Gasteiger partial charge in [-0.1, -0.05) is 38.5 Å². The van der Waals surface area contributed by atoms with Gasteiger partial charge in [0.15, 0.2) is 10.6 Å². The summed E-state index contributed by atoms with van der Waals surface area (Å²) in [6, 6.07) is 10.3. The first-order valence-electron chi connectivity index (χ1n) is 12.9. The molecule has 41 heavy (non-hydrogen) atoms. The monoisotopic (exact) mass is 585 g/mol. The van der Waals surface area contributed by atoms with Gasteiger partial charge >= 0.3 is 5.97 Å². The standard InChI is InChI=1S/C28H31N3O9S/c1-5-7-11-22-29-25(32)24(26(33)31(22)23-20(38-3)9-8-10-21(23)39-4)41(36,37)18-14-12-17(13-15-18)28(6-2)30-19(16-40-28)27(34)35/h8-10,12-16,30,32H,5-7,11H2,1-4H3,(H,34,35). The van der Waals surface area contributed by atoms with Crippen molar-refractivity contribution in [2.45, 2.75) is 55.0 Å². The molecule has 1 aliphatic heterocycles. The van der Waals surface area contributed by atoms with Crippen molar-refractivity contribution in [3.63, 3.8) is 0 Å². The van der Waals surface area contributed by atoms with E-state index in [9.17, 15) is 28.2 Å². The number of nitrogens with zero attached hydrogens (tertiary/aromatic N) is 2. The molecule has 218 valence electrons. The predicted octanol–water partition coefficient (Wildman–Crippen LogP) is 3.24. The van der Waals surface area contributed by atoms with Crippen LogP contribution in [0.4, 0.5) is 0 Å². The molecule has 2 heterocycles. The molecular formula is C28H31N3O9S. The zero-order valence-electron chi connectivity index (χ0n) is 23.0. The van der Waals surface area contributed by atoms with Crippen LogP contribution in [0.2, 0.25) is 0 Å². The summed E-state index contributed by atoms with van der Waals surface area (Å²) in [4.78, 5) is 28.3. The number of ether oxygens (including phenoxy) is 3. The van der Waals surface area contributed by atoms with E-state index in [0.717, 1.165) is 17.3 Å². The molecule has 1 unspecified atom stereocenters. The summed E-state index contributed by atoms with van der Waals surface area (Å²) in [6.07, 6.45) is 3.06. The average molecular weight is 586 g/mol. The fraction of sp³-hybridized carbons (Fsp3) is 0.321. The minimum atomic E-state index is -4.59. The van der Waals surface area contributed by atoms with E-state index < -0.39 is 37.9 Å². The summed E-state index contributed by atoms with van der Waals surface area (Å²) >= 11 is 0. The lowest BCUT2D eigenvalue weighted by atomic mass is 10.00. The molecule has 1 aromatic heterocycles. The quantitative estimate of drug-likeness (QED) is 0.302. The van der Waals surface area contributed by atoms with Gasteiger partial charge in [-0.15, -0.1) is 0 Å². The van der Waals surface area contributed by atoms with Crippen molar-refractivity contribution in [3.05, 3.63) is 76.2 Å². The fourth-order valence-electron chi connectivity index (χ4n) is 4.63. The number of hydrogen-bond acceptors (Lipinski definition) is 10. The number of rotatable bonds is 11. The first kappa shape index (κ1) is 29.5. The topological polar surface area (TPSA) is 166 Å². The normalized spacial score (nSPS) is 16.4. The van der Waals surface area contributed by atoms with Gasteiger partial charge in [-0.05, 0) is 30.7 Å². The molecule has 2 aromatic carbocycles. The maximum absolute atomic E-state index is 14.0. The van der Waals surface area contributed by atoms with Gasteiger partial charge < -0.3 is 29.7 Å². The number of hydrogen-bond donors (Lipinski definition) is 3. The summed E-state index contributed by atoms with van der Waals surface area (Å²) in [5.74, 6) is -1.49. The SMILES string of the molecule is CCCCc1nc(O)c(S(=O)(=O)c2ccc(C3(CC)NC(C(=O)O)=CO3)cc2)c(=O)n1-c1c(OC)cccc1OC. The maximum atomic E-state index is 14.0. The number of aromatic nitrogens is 2. The molecule has 13 heteroatoms. The number of methoxy groups -OCH3 is 2. The molecule has 1 aliphatic rings. The number of para-hydroxylation sites is 1. The molecule has 0 aliphatic carbocycles. The highest BCUT2D eigenvalue weighted by molar-refractivity contribution is 7.91. The number of sulfone groups is 1. The van der Waals surface area contributed by atoms with Gasteiger partial charge in [0.1, 0.15) is 29.3 Å². The molecular weight excluding hydrogens is 554 g/mol. The van der Waals surface area contributed by atoms with E-state index in [1.165, 1.54) is 38.5 Å². The Kier molecular flexibility index (Phi) is 8.29. The van der Waals surface area contributed by atoms with E-state index in [1.807, 2.05) is 6.92 Å². The second-order valence-corrected chi connectivity index (χ2v) is 11.1. The Morgan fingerprint density at radius 1 is 1.10 bits per heavy atom. The zero-order chi connectivity index (χ0) is 29.9. The van der Waals surface area contributed by atoms with Gasteiger partial charge in [-0.2, -0.15) is 4.98 Å². The number of aliphatic carboxylic acids is 1. The highest BCUT2D eigenvalue weighted by atomic mass is 32.2. The van der Waals surface area contributed by atoms with Crippen LogP contribution in [0.3, 0.4) is 0 Å². The first-order valence-corrected chi connectivity index (χ1v) is 14.3. The Morgan fingerprint density at radius 3 is 2.24 bits per heavy atom. The molecule has 12 nitrogen and oxygen atoms in total. The molecule has 3 aromatic rings. The molecule has 0 amide bonds. The van der Waals surface area contributed by atoms with Gasteiger partial charge in [0.05, 0.1) is 19.1 Å². The van der Waals surface area contributed by atoms with E-state index in [2.05, 4.69) is 10.3 Å². The molecule has 0 saturated heterocycles. The number of nitrogens with one attached hydrogen (secondary N) is 1. The van der Waals surface area contributed by atoms with E-state index in [0.29, 0.717) is 18.4 Å². The van der Waals surface area contributed by atoms with E-state index >= 15 is 0 Å². The summed E-state index contributed by atoms with van der Waals surface area (Å²) in [5, 5.41) is 22.9. The lowest BCUT2D eigenvalue weighted by Crippen LogP contribution is -2.39. The molecule has 0 bridgehead atoms. The number of benzene rings is 2. The average Bonchev–Trinajstić information content (AvgIpc) is 3.42. The minimum Gasteiger partial charge on any atom is -0.494 e. The third kappa shape index (κ3) is 5.20. The number of carboxylic acid groups (broad SMARTS) is 1. The molecule has 1 atom stereocenters. The van der Waals surface area contributed by atoms with E-state index in [-0.39, 0.29) is 40.0 Å². The van der Waals surface area contributed by atoms with Gasteiger partial charge in [-0.25, -0.2) is 13.2 Å². The van der Waals surface area contributed by atoms with Crippen LogP contribution in [-0.2, 0) is 31.5 Å². The van der Waals surface area contributed by atoms with Crippen LogP contribution in [0.5, 0.6) is 17.4 Å². The Morgan fingerprint density at radius 2 is 1.73 bits per heavy atom. The van der Waals surface area contributed by atoms with Crippen molar-refractivity contribution in [2.75, 3.05) is 14.2 Å². The van der Waals surface area contributed by atoms with Crippen LogP contribution in [0, 0.1) is 0 Å². The number of carboxylic acids is 1. The Labute approximate surface area is 236 Å². The first-order chi connectivity index (χ1) is 19.5. The Bertz CT molecular complexity index is 1640. The highest BCUT2D eigenvalue weighted by Crippen LogP contribution is 2.36. The largest absolute Gasteiger partial charge is 0.494 e. The summed E-state index contributed by atoms with van der Waals surface area (Å²) in [5.41, 5.74) is -1.76. The van der Waals surface area contributed by atoms with Crippen LogP contribution in [0.1, 0.15) is 44.5 Å². The molecule has 4 rings (SSSR count). The lowest BCUT2D eigenvalue weighted by Gasteiger charge is -2.29. The summed E-state index contributed by atoms with van der Waals surface area (Å²) in [7, 11) is -1.78. The van der Waals surface area contributed by atoms with Crippen LogP contribution >= 0.6 is 0 Å². The van der Waals surface area contributed by atoms with Gasteiger partial charge in [-0.3, -0.25) is 9.36 Å². The second-order valence-electron chi connectivity index (χ2n) is 9.22.